The number of hydrogen-bond donors (Lipinski definition) is 1. The normalized spacial score (nSPS) is 13.5. The van der Waals surface area contributed by atoms with Gasteiger partial charge in [0.1, 0.15) is 23.4 Å². The number of hydrogen-bond acceptors (Lipinski definition) is 10. The molecule has 1 unspecified atom stereocenters. The number of nitrogens with zero attached hydrogens (tertiary/aromatic N) is 11. The van der Waals surface area contributed by atoms with Crippen LogP contribution in [0.4, 0.5) is 0 Å². The molecule has 12 nitrogen and oxygen atoms in total. The van der Waals surface area contributed by atoms with Crippen LogP contribution in [-0.2, 0) is 0 Å². The van der Waals surface area contributed by atoms with Crippen molar-refractivity contribution in [1.29, 1.82) is 0 Å². The maximum atomic E-state index is 5.23. The molecule has 0 aliphatic carbocycles. The maximum absolute atomic E-state index is 5.23. The van der Waals surface area contributed by atoms with E-state index in [0.29, 0.717) is 46.3 Å². The van der Waals surface area contributed by atoms with Gasteiger partial charge in [-0.2, -0.15) is 0 Å². The van der Waals surface area contributed by atoms with Crippen molar-refractivity contribution in [3.05, 3.63) is 248 Å². The van der Waals surface area contributed by atoms with Crippen molar-refractivity contribution < 1.29 is 0 Å². The third-order valence-corrected chi connectivity index (χ3v) is 13.4. The number of amidine groups is 2. The van der Waals surface area contributed by atoms with Crippen LogP contribution in [0.5, 0.6) is 0 Å². The smallest absolute Gasteiger partial charge is 0.184 e. The van der Waals surface area contributed by atoms with Crippen LogP contribution in [0.1, 0.15) is 23.0 Å². The van der Waals surface area contributed by atoms with Gasteiger partial charge in [-0.15, -0.1) is 0 Å². The van der Waals surface area contributed by atoms with Crippen LogP contribution in [0, 0.1) is 0 Å². The van der Waals surface area contributed by atoms with Crippen molar-refractivity contribution in [2.45, 2.75) is 6.17 Å². The highest BCUT2D eigenvalue weighted by molar-refractivity contribution is 6.14. The predicted molar refractivity (Wildman–Crippen MR) is 293 cm³/mol. The van der Waals surface area contributed by atoms with Crippen LogP contribution in [0.2, 0.25) is 0 Å². The minimum Gasteiger partial charge on any atom is -0.344 e. The Morgan fingerprint density at radius 1 is 0.351 bits per heavy atom. The fourth-order valence-electron chi connectivity index (χ4n) is 9.98. The molecule has 0 saturated heterocycles. The van der Waals surface area contributed by atoms with Crippen molar-refractivity contribution in [1.82, 2.24) is 49.3 Å². The van der Waals surface area contributed by atoms with E-state index in [-0.39, 0.29) is 6.17 Å². The first kappa shape index (κ1) is 42.5. The van der Waals surface area contributed by atoms with E-state index in [2.05, 4.69) is 112 Å². The van der Waals surface area contributed by atoms with Gasteiger partial charge in [0.25, 0.3) is 0 Å². The first-order valence-electron chi connectivity index (χ1n) is 24.3. The van der Waals surface area contributed by atoms with Gasteiger partial charge in [0.05, 0.1) is 46.9 Å². The molecule has 0 fully saturated rings. The average molecular weight is 953 g/mol. The van der Waals surface area contributed by atoms with Gasteiger partial charge < -0.3 is 5.32 Å². The van der Waals surface area contributed by atoms with Crippen LogP contribution in [0.25, 0.3) is 101 Å². The van der Waals surface area contributed by atoms with E-state index in [0.717, 1.165) is 82.8 Å². The topological polar surface area (TPSA) is 137 Å². The Kier molecular flexibility index (Phi) is 10.2. The first-order valence-corrected chi connectivity index (χ1v) is 24.3. The molecule has 1 atom stereocenters. The second kappa shape index (κ2) is 17.8. The molecule has 6 heterocycles. The fourth-order valence-corrected chi connectivity index (χ4v) is 9.98. The molecule has 348 valence electrons. The molecule has 8 aromatic carbocycles. The summed E-state index contributed by atoms with van der Waals surface area (Å²) >= 11 is 0. The summed E-state index contributed by atoms with van der Waals surface area (Å²) in [6.45, 7) is 0. The molecule has 0 spiro atoms. The van der Waals surface area contributed by atoms with Gasteiger partial charge in [-0.1, -0.05) is 170 Å². The second-order valence-corrected chi connectivity index (χ2v) is 18.0. The van der Waals surface area contributed by atoms with E-state index in [9.17, 15) is 0 Å². The Balaban J connectivity index is 0.849. The summed E-state index contributed by atoms with van der Waals surface area (Å²) in [6.07, 6.45) is 6.69. The van der Waals surface area contributed by atoms with Crippen molar-refractivity contribution in [3.8, 4) is 57.1 Å². The van der Waals surface area contributed by atoms with Crippen molar-refractivity contribution in [2.75, 3.05) is 0 Å². The fraction of sp³-hybridized carbons (Fsp3) is 0.0161. The SMILES string of the molecule is c1ccc(C2=NC(c3cncc(-n4c5ccccc5c5cc(-c6ccc7c(c6)c6ccccc6n7-c6cncc(-c7nc(-c8ccccc8)nc(-c8ccccc8)n7)n6)ccc54)n3)=NC(c3ccccc3)N2)cc1. The van der Waals surface area contributed by atoms with E-state index in [1.807, 2.05) is 109 Å². The van der Waals surface area contributed by atoms with Gasteiger partial charge in [0.2, 0.25) is 0 Å². The van der Waals surface area contributed by atoms with E-state index in [4.69, 9.17) is 44.9 Å². The second-order valence-electron chi connectivity index (χ2n) is 18.0. The van der Waals surface area contributed by atoms with Gasteiger partial charge in [0, 0.05) is 38.2 Å². The molecule has 74 heavy (non-hydrogen) atoms. The molecule has 0 amide bonds. The summed E-state index contributed by atoms with van der Waals surface area (Å²) in [7, 11) is 0. The Hall–Kier alpha value is -10.3. The Labute approximate surface area is 423 Å². The average Bonchev–Trinajstić information content (AvgIpc) is 4.02. The van der Waals surface area contributed by atoms with Crippen LogP contribution in [0.3, 0.4) is 0 Å². The number of benzene rings is 8. The highest BCUT2D eigenvalue weighted by Crippen LogP contribution is 2.38. The number of para-hydroxylation sites is 2. The summed E-state index contributed by atoms with van der Waals surface area (Å²) < 4.78 is 4.34. The quantitative estimate of drug-likeness (QED) is 0.151. The summed E-state index contributed by atoms with van der Waals surface area (Å²) in [6, 6.07) is 70.3. The standard InChI is InChI=1S/C62H40N12/c1-5-17-39(18-6-1)57-67-58(40-19-7-2-8-20-40)70-61(69-57)49-35-63-37-55(65-49)73-51-27-15-13-25-45(51)47-33-43(29-31-53(47)73)44-30-32-54-48(34-44)46-26-14-16-28-52(46)74(54)56-38-64-36-50(66-56)62-71-59(41-21-9-3-10-22-41)68-60(72-62)42-23-11-4-12-24-42/h1-38,57H,(H,67,69,70). The zero-order valence-corrected chi connectivity index (χ0v) is 39.4. The summed E-state index contributed by atoms with van der Waals surface area (Å²) in [4.78, 5) is 44.8. The predicted octanol–water partition coefficient (Wildman–Crippen LogP) is 12.8. The highest BCUT2D eigenvalue weighted by atomic mass is 15.2. The van der Waals surface area contributed by atoms with Crippen LogP contribution in [-0.4, -0.2) is 55.7 Å². The molecule has 1 aliphatic heterocycles. The van der Waals surface area contributed by atoms with Gasteiger partial charge in [-0.05, 0) is 53.1 Å². The zero-order chi connectivity index (χ0) is 49.0. The Bertz CT molecular complexity index is 4280. The number of rotatable bonds is 9. The molecule has 0 saturated carbocycles. The monoisotopic (exact) mass is 952 g/mol. The van der Waals surface area contributed by atoms with Crippen molar-refractivity contribution in [3.63, 3.8) is 0 Å². The van der Waals surface area contributed by atoms with Gasteiger partial charge >= 0.3 is 0 Å². The lowest BCUT2D eigenvalue weighted by molar-refractivity contribution is 0.673. The molecule has 1 N–H and O–H groups in total. The maximum Gasteiger partial charge on any atom is 0.184 e. The van der Waals surface area contributed by atoms with Crippen LogP contribution < -0.4 is 5.32 Å². The number of fused-ring (bicyclic) bond motifs is 6. The zero-order valence-electron chi connectivity index (χ0n) is 39.4. The van der Waals surface area contributed by atoms with Crippen molar-refractivity contribution >= 4 is 55.3 Å². The molecule has 12 heteroatoms. The van der Waals surface area contributed by atoms with E-state index < -0.39 is 0 Å². The minimum absolute atomic E-state index is 0.359. The third kappa shape index (κ3) is 7.53. The van der Waals surface area contributed by atoms with Gasteiger partial charge in [0.15, 0.2) is 34.9 Å². The number of aliphatic imine (C=N–C) groups is 2. The Morgan fingerprint density at radius 2 is 0.797 bits per heavy atom. The lowest BCUT2D eigenvalue weighted by Gasteiger charge is -2.23. The molecule has 5 aromatic heterocycles. The minimum atomic E-state index is -0.359. The van der Waals surface area contributed by atoms with E-state index in [1.54, 1.807) is 24.8 Å². The van der Waals surface area contributed by atoms with E-state index in [1.165, 1.54) is 0 Å². The Morgan fingerprint density at radius 3 is 1.35 bits per heavy atom. The summed E-state index contributed by atoms with van der Waals surface area (Å²) in [5.41, 5.74) is 11.0. The van der Waals surface area contributed by atoms with Gasteiger partial charge in [-0.3, -0.25) is 19.1 Å². The first-order chi connectivity index (χ1) is 36.7. The molecular formula is C62H40N12. The highest BCUT2D eigenvalue weighted by Gasteiger charge is 2.24. The molecular weight excluding hydrogens is 913 g/mol. The lowest BCUT2D eigenvalue weighted by Crippen LogP contribution is -2.33. The lowest BCUT2D eigenvalue weighted by atomic mass is 10.0. The largest absolute Gasteiger partial charge is 0.344 e. The summed E-state index contributed by atoms with van der Waals surface area (Å²) in [5, 5.41) is 7.92. The van der Waals surface area contributed by atoms with Gasteiger partial charge in [-0.25, -0.2) is 34.9 Å². The third-order valence-electron chi connectivity index (χ3n) is 13.4. The van der Waals surface area contributed by atoms with Crippen LogP contribution >= 0.6 is 0 Å². The van der Waals surface area contributed by atoms with E-state index >= 15 is 0 Å². The van der Waals surface area contributed by atoms with Crippen molar-refractivity contribution in [2.24, 2.45) is 9.98 Å². The molecule has 13 aromatic rings. The summed E-state index contributed by atoms with van der Waals surface area (Å²) in [5.74, 6) is 4.10. The molecule has 14 rings (SSSR count). The molecule has 1 aliphatic rings. The van der Waals surface area contributed by atoms with Crippen LogP contribution in [0.15, 0.2) is 241 Å². The number of aromatic nitrogens is 9. The number of nitrogens with one attached hydrogen (secondary N) is 1. The molecule has 0 radical (unpaired) electrons. The molecule has 0 bridgehead atoms.